The van der Waals surface area contributed by atoms with Gasteiger partial charge in [-0.2, -0.15) is 0 Å². The molecule has 0 atom stereocenters. The van der Waals surface area contributed by atoms with Crippen LogP contribution in [0.5, 0.6) is 0 Å². The summed E-state index contributed by atoms with van der Waals surface area (Å²) in [6.45, 7) is 2.30. The molecule has 222 valence electrons. The van der Waals surface area contributed by atoms with Gasteiger partial charge in [0.05, 0.1) is 5.69 Å². The number of nitrogens with one attached hydrogen (secondary N) is 1. The molecule has 0 aromatic heterocycles. The molecule has 1 aliphatic rings. The predicted molar refractivity (Wildman–Crippen MR) is 182 cm³/mol. The Labute approximate surface area is 251 Å². The van der Waals surface area contributed by atoms with Crippen LogP contribution in [0.25, 0.3) is 10.8 Å². The van der Waals surface area contributed by atoms with Crippen LogP contribution >= 0.6 is 0 Å². The van der Waals surface area contributed by atoms with Crippen molar-refractivity contribution in [3.63, 3.8) is 0 Å². The first kappa shape index (κ1) is 31.3. The Kier molecular flexibility index (Phi) is 14.3. The van der Waals surface area contributed by atoms with Crippen molar-refractivity contribution in [1.29, 1.82) is 0 Å². The lowest BCUT2D eigenvalue weighted by atomic mass is 9.96. The number of aliphatic imine (C=N–C) groups is 1. The molecule has 2 nitrogen and oxygen atoms in total. The zero-order valence-corrected chi connectivity index (χ0v) is 26.1. The van der Waals surface area contributed by atoms with Gasteiger partial charge in [-0.05, 0) is 29.9 Å². The molecule has 3 aromatic carbocycles. The number of amidine groups is 1. The number of hydrogen-bond donors (Lipinski definition) is 1. The van der Waals surface area contributed by atoms with Crippen molar-refractivity contribution in [2.75, 3.05) is 5.32 Å². The molecule has 0 fully saturated rings. The lowest BCUT2D eigenvalue weighted by Crippen LogP contribution is -2.16. The Bertz CT molecular complexity index is 1160. The van der Waals surface area contributed by atoms with Crippen LogP contribution < -0.4 is 5.32 Å². The molecule has 1 heterocycles. The summed E-state index contributed by atoms with van der Waals surface area (Å²) >= 11 is 0. The molecule has 2 heteroatoms. The van der Waals surface area contributed by atoms with Crippen LogP contribution in [0.15, 0.2) is 65.7 Å². The van der Waals surface area contributed by atoms with Crippen molar-refractivity contribution in [3.8, 4) is 0 Å². The van der Waals surface area contributed by atoms with E-state index in [1.807, 2.05) is 0 Å². The van der Waals surface area contributed by atoms with Crippen LogP contribution in [0.2, 0.25) is 0 Å². The Morgan fingerprint density at radius 3 is 1.61 bits per heavy atom. The van der Waals surface area contributed by atoms with Gasteiger partial charge >= 0.3 is 0 Å². The van der Waals surface area contributed by atoms with Crippen LogP contribution in [0.4, 0.5) is 11.4 Å². The van der Waals surface area contributed by atoms with Gasteiger partial charge in [-0.25, -0.2) is 4.99 Å². The Hall–Kier alpha value is -2.61. The number of benzene rings is 3. The number of unbranched alkanes of at least 4 members (excludes halogenated alkanes) is 19. The molecule has 0 spiro atoms. The smallest absolute Gasteiger partial charge is 0.138 e. The van der Waals surface area contributed by atoms with Crippen LogP contribution in [0.3, 0.4) is 0 Å². The maximum absolute atomic E-state index is 5.14. The maximum Gasteiger partial charge on any atom is 0.138 e. The first-order valence-corrected chi connectivity index (χ1v) is 17.3. The highest BCUT2D eigenvalue weighted by molar-refractivity contribution is 6.19. The minimum absolute atomic E-state index is 0.960. The summed E-state index contributed by atoms with van der Waals surface area (Å²) < 4.78 is 0. The Balaban J connectivity index is 1.04. The van der Waals surface area contributed by atoms with Gasteiger partial charge in [0.1, 0.15) is 5.84 Å². The fourth-order valence-electron chi connectivity index (χ4n) is 6.41. The summed E-state index contributed by atoms with van der Waals surface area (Å²) in [7, 11) is 0. The van der Waals surface area contributed by atoms with Crippen molar-refractivity contribution >= 4 is 28.0 Å². The highest BCUT2D eigenvalue weighted by atomic mass is 15.0. The highest BCUT2D eigenvalue weighted by Gasteiger charge is 2.18. The number of rotatable bonds is 22. The van der Waals surface area contributed by atoms with Crippen LogP contribution in [0, 0.1) is 0 Å². The Morgan fingerprint density at radius 1 is 0.512 bits per heavy atom. The molecule has 0 unspecified atom stereocenters. The zero-order valence-electron chi connectivity index (χ0n) is 26.1. The van der Waals surface area contributed by atoms with E-state index in [9.17, 15) is 0 Å². The third kappa shape index (κ3) is 10.6. The first-order chi connectivity index (χ1) is 20.4. The van der Waals surface area contributed by atoms with Crippen molar-refractivity contribution in [2.45, 2.75) is 142 Å². The topological polar surface area (TPSA) is 24.4 Å². The second-order valence-electron chi connectivity index (χ2n) is 12.4. The molecular weight excluding hydrogens is 496 g/mol. The summed E-state index contributed by atoms with van der Waals surface area (Å²) in [5.74, 6) is 0.960. The van der Waals surface area contributed by atoms with E-state index in [4.69, 9.17) is 4.99 Å². The predicted octanol–water partition coefficient (Wildman–Crippen LogP) is 12.7. The largest absolute Gasteiger partial charge is 0.339 e. The molecule has 3 aromatic rings. The van der Waals surface area contributed by atoms with E-state index in [0.29, 0.717) is 0 Å². The molecular formula is C39H56N2. The van der Waals surface area contributed by atoms with Crippen molar-refractivity contribution in [1.82, 2.24) is 0 Å². The molecule has 4 rings (SSSR count). The summed E-state index contributed by atoms with van der Waals surface area (Å²) in [5.41, 5.74) is 4.89. The van der Waals surface area contributed by atoms with E-state index >= 15 is 0 Å². The average molecular weight is 553 g/mol. The molecule has 0 saturated carbocycles. The van der Waals surface area contributed by atoms with Gasteiger partial charge in [-0.3, -0.25) is 0 Å². The number of aryl methyl sites for hydroxylation is 1. The van der Waals surface area contributed by atoms with Gasteiger partial charge in [-0.1, -0.05) is 184 Å². The van der Waals surface area contributed by atoms with Crippen LogP contribution in [0.1, 0.15) is 146 Å². The summed E-state index contributed by atoms with van der Waals surface area (Å²) in [6, 6.07) is 21.6. The molecule has 0 bridgehead atoms. The van der Waals surface area contributed by atoms with E-state index in [2.05, 4.69) is 72.9 Å². The van der Waals surface area contributed by atoms with Gasteiger partial charge in [-0.15, -0.1) is 0 Å². The standard InChI is InChI=1S/C39H56N2/c1-2-3-4-5-6-7-8-9-10-11-12-13-14-15-16-17-18-19-20-22-26-34-32-31-33-29-25-30-36-37(33)38(34)41-39(40-36)35-27-23-21-24-28-35/h21,23-25,27-32H,2-20,22,26H2,1H3,(H,40,41). The first-order valence-electron chi connectivity index (χ1n) is 17.3. The molecule has 41 heavy (non-hydrogen) atoms. The van der Waals surface area contributed by atoms with Crippen LogP contribution in [-0.2, 0) is 6.42 Å². The van der Waals surface area contributed by atoms with E-state index in [0.717, 1.165) is 17.8 Å². The molecule has 1 N–H and O–H groups in total. The minimum atomic E-state index is 0.960. The average Bonchev–Trinajstić information content (AvgIpc) is 3.01. The Morgan fingerprint density at radius 2 is 1.05 bits per heavy atom. The molecule has 0 saturated heterocycles. The SMILES string of the molecule is CCCCCCCCCCCCCCCCCCCCCCc1ccc2cccc3c2c1N=C(c1ccccc1)N3. The van der Waals surface area contributed by atoms with E-state index < -0.39 is 0 Å². The van der Waals surface area contributed by atoms with Crippen molar-refractivity contribution < 1.29 is 0 Å². The highest BCUT2D eigenvalue weighted by Crippen LogP contribution is 2.39. The molecule has 0 amide bonds. The molecule has 0 radical (unpaired) electrons. The normalized spacial score (nSPS) is 12.5. The second-order valence-corrected chi connectivity index (χ2v) is 12.4. The van der Waals surface area contributed by atoms with Gasteiger partial charge in [0.2, 0.25) is 0 Å². The fourth-order valence-corrected chi connectivity index (χ4v) is 6.41. The van der Waals surface area contributed by atoms with Crippen molar-refractivity contribution in [3.05, 3.63) is 71.8 Å². The van der Waals surface area contributed by atoms with E-state index in [1.54, 1.807) is 0 Å². The van der Waals surface area contributed by atoms with Gasteiger partial charge < -0.3 is 5.32 Å². The van der Waals surface area contributed by atoms with Crippen LogP contribution in [-0.4, -0.2) is 5.84 Å². The third-order valence-electron chi connectivity index (χ3n) is 8.93. The number of anilines is 1. The second kappa shape index (κ2) is 18.7. The lowest BCUT2D eigenvalue weighted by Gasteiger charge is -2.21. The van der Waals surface area contributed by atoms with E-state index in [-0.39, 0.29) is 0 Å². The zero-order chi connectivity index (χ0) is 28.4. The van der Waals surface area contributed by atoms with Gasteiger partial charge in [0, 0.05) is 16.6 Å². The third-order valence-corrected chi connectivity index (χ3v) is 8.93. The van der Waals surface area contributed by atoms with E-state index in [1.165, 1.54) is 156 Å². The number of nitrogens with zero attached hydrogens (tertiary/aromatic N) is 1. The summed E-state index contributed by atoms with van der Waals surface area (Å²) in [6.07, 6.45) is 29.6. The monoisotopic (exact) mass is 552 g/mol. The lowest BCUT2D eigenvalue weighted by molar-refractivity contribution is 0.522. The minimum Gasteiger partial charge on any atom is -0.339 e. The van der Waals surface area contributed by atoms with Crippen molar-refractivity contribution in [2.24, 2.45) is 4.99 Å². The fraction of sp³-hybridized carbons (Fsp3) is 0.564. The maximum atomic E-state index is 5.14. The van der Waals surface area contributed by atoms with Gasteiger partial charge in [0.25, 0.3) is 0 Å². The molecule has 0 aliphatic carbocycles. The quantitative estimate of drug-likeness (QED) is 0.123. The number of hydrogen-bond acceptors (Lipinski definition) is 2. The summed E-state index contributed by atoms with van der Waals surface area (Å²) in [5, 5.41) is 6.13. The molecule has 1 aliphatic heterocycles. The van der Waals surface area contributed by atoms with Gasteiger partial charge in [0.15, 0.2) is 0 Å². The summed E-state index contributed by atoms with van der Waals surface area (Å²) in [4.78, 5) is 5.14.